The van der Waals surface area contributed by atoms with Crippen LogP contribution in [0.5, 0.6) is 0 Å². The van der Waals surface area contributed by atoms with E-state index in [9.17, 15) is 22.8 Å². The molecule has 0 saturated heterocycles. The van der Waals surface area contributed by atoms with Crippen molar-refractivity contribution in [3.8, 4) is 11.4 Å². The summed E-state index contributed by atoms with van der Waals surface area (Å²) in [7, 11) is 1.45. The zero-order valence-electron chi connectivity index (χ0n) is 16.1. The first-order chi connectivity index (χ1) is 13.8. The maximum absolute atomic E-state index is 12.9. The Morgan fingerprint density at radius 3 is 2.66 bits per heavy atom. The average Bonchev–Trinajstić information content (AvgIpc) is 2.97. The summed E-state index contributed by atoms with van der Waals surface area (Å²) in [5, 5.41) is 9.75. The van der Waals surface area contributed by atoms with Gasteiger partial charge in [-0.05, 0) is 25.0 Å². The lowest BCUT2D eigenvalue weighted by Crippen LogP contribution is -2.44. The fraction of sp³-hybridized carbons (Fsp3) is 0.526. The summed E-state index contributed by atoms with van der Waals surface area (Å²) >= 11 is 0. The third-order valence-electron chi connectivity index (χ3n) is 5.04. The molecule has 1 aliphatic rings. The predicted octanol–water partition coefficient (Wildman–Crippen LogP) is 2.90. The fourth-order valence-corrected chi connectivity index (χ4v) is 3.48. The van der Waals surface area contributed by atoms with Crippen molar-refractivity contribution >= 4 is 6.03 Å². The van der Waals surface area contributed by atoms with E-state index in [-0.39, 0.29) is 36.6 Å². The van der Waals surface area contributed by atoms with Gasteiger partial charge in [0.25, 0.3) is 0 Å². The highest BCUT2D eigenvalue weighted by molar-refractivity contribution is 5.74. The molecule has 0 unspecified atom stereocenters. The molecule has 2 aromatic rings. The first kappa shape index (κ1) is 20.9. The number of nitrogens with zero attached hydrogens (tertiary/aromatic N) is 3. The topological polar surface area (TPSA) is 81.0 Å². The number of hydrogen-bond donors (Lipinski definition) is 2. The lowest BCUT2D eigenvalue weighted by Gasteiger charge is -2.22. The lowest BCUT2D eigenvalue weighted by molar-refractivity contribution is -0.137. The van der Waals surface area contributed by atoms with Crippen molar-refractivity contribution in [1.29, 1.82) is 0 Å². The molecule has 0 radical (unpaired) electrons. The smallest absolute Gasteiger partial charge is 0.336 e. The second kappa shape index (κ2) is 8.71. The van der Waals surface area contributed by atoms with Gasteiger partial charge in [0.2, 0.25) is 0 Å². The highest BCUT2D eigenvalue weighted by Gasteiger charge is 2.31. The van der Waals surface area contributed by atoms with Crippen LogP contribution in [0.4, 0.5) is 18.0 Å². The van der Waals surface area contributed by atoms with Crippen molar-refractivity contribution in [2.24, 2.45) is 7.05 Å². The minimum absolute atomic E-state index is 0.115. The van der Waals surface area contributed by atoms with Gasteiger partial charge < -0.3 is 10.6 Å². The Morgan fingerprint density at radius 1 is 1.24 bits per heavy atom. The zero-order chi connectivity index (χ0) is 21.0. The van der Waals surface area contributed by atoms with Gasteiger partial charge in [-0.2, -0.15) is 13.2 Å². The highest BCUT2D eigenvalue weighted by Crippen LogP contribution is 2.31. The minimum Gasteiger partial charge on any atom is -0.336 e. The Labute approximate surface area is 165 Å². The van der Waals surface area contributed by atoms with Crippen LogP contribution in [0.25, 0.3) is 11.4 Å². The molecule has 0 aliphatic heterocycles. The lowest BCUT2D eigenvalue weighted by atomic mass is 9.96. The van der Waals surface area contributed by atoms with E-state index in [4.69, 9.17) is 0 Å². The summed E-state index contributed by atoms with van der Waals surface area (Å²) in [6.45, 7) is 0.293. The summed E-state index contributed by atoms with van der Waals surface area (Å²) in [5.74, 6) is 0.132. The van der Waals surface area contributed by atoms with Gasteiger partial charge in [0.15, 0.2) is 5.82 Å². The number of rotatable bonds is 5. The van der Waals surface area contributed by atoms with E-state index in [0.29, 0.717) is 0 Å². The number of hydrogen-bond acceptors (Lipinski definition) is 3. The van der Waals surface area contributed by atoms with Gasteiger partial charge in [0.1, 0.15) is 0 Å². The third kappa shape index (κ3) is 5.18. The molecule has 1 fully saturated rings. The standard InChI is InChI=1S/C19H24F3N5O2/c1-26-16(13-6-5-7-14(12-13)19(20,21)22)25-27(18(26)29)11-10-23-17(28)24-15-8-3-2-4-9-15/h5-7,12,15H,2-4,8-11H2,1H3,(H2,23,24,28). The summed E-state index contributed by atoms with van der Waals surface area (Å²) in [6, 6.07) is 4.55. The summed E-state index contributed by atoms with van der Waals surface area (Å²) in [4.78, 5) is 24.3. The van der Waals surface area contributed by atoms with Gasteiger partial charge in [-0.3, -0.25) is 4.57 Å². The Kier molecular flexibility index (Phi) is 6.29. The van der Waals surface area contributed by atoms with Crippen LogP contribution in [0.15, 0.2) is 29.1 Å². The first-order valence-electron chi connectivity index (χ1n) is 9.61. The quantitative estimate of drug-likeness (QED) is 0.794. The number of carbonyl (C=O) groups is 1. The molecule has 2 N–H and O–H groups in total. The van der Waals surface area contributed by atoms with Crippen molar-refractivity contribution in [2.45, 2.75) is 50.9 Å². The van der Waals surface area contributed by atoms with Crippen molar-refractivity contribution in [1.82, 2.24) is 25.0 Å². The van der Waals surface area contributed by atoms with E-state index in [0.717, 1.165) is 42.5 Å². The van der Waals surface area contributed by atoms with Crippen LogP contribution in [0.3, 0.4) is 0 Å². The normalized spacial score (nSPS) is 15.3. The molecule has 158 valence electrons. The summed E-state index contributed by atoms with van der Waals surface area (Å²) < 4.78 is 41.1. The van der Waals surface area contributed by atoms with Gasteiger partial charge in [0.05, 0.1) is 12.1 Å². The largest absolute Gasteiger partial charge is 0.416 e. The van der Waals surface area contributed by atoms with Crippen LogP contribution in [-0.2, 0) is 19.8 Å². The van der Waals surface area contributed by atoms with Crippen LogP contribution < -0.4 is 16.3 Å². The second-order valence-electron chi connectivity index (χ2n) is 7.20. The van der Waals surface area contributed by atoms with Crippen LogP contribution in [0.2, 0.25) is 0 Å². The Hall–Kier alpha value is -2.78. The number of urea groups is 1. The Morgan fingerprint density at radius 2 is 1.97 bits per heavy atom. The molecule has 1 aromatic carbocycles. The van der Waals surface area contributed by atoms with E-state index >= 15 is 0 Å². The minimum atomic E-state index is -4.48. The monoisotopic (exact) mass is 411 g/mol. The van der Waals surface area contributed by atoms with Crippen molar-refractivity contribution < 1.29 is 18.0 Å². The highest BCUT2D eigenvalue weighted by atomic mass is 19.4. The molecule has 1 aliphatic carbocycles. The molecular weight excluding hydrogens is 387 g/mol. The second-order valence-corrected chi connectivity index (χ2v) is 7.20. The number of amides is 2. The van der Waals surface area contributed by atoms with Gasteiger partial charge in [-0.25, -0.2) is 14.3 Å². The zero-order valence-corrected chi connectivity index (χ0v) is 16.1. The molecular formula is C19H24F3N5O2. The average molecular weight is 411 g/mol. The van der Waals surface area contributed by atoms with Crippen molar-refractivity contribution in [2.75, 3.05) is 6.54 Å². The van der Waals surface area contributed by atoms with Gasteiger partial charge in [-0.1, -0.05) is 31.4 Å². The maximum Gasteiger partial charge on any atom is 0.416 e. The summed E-state index contributed by atoms with van der Waals surface area (Å²) in [5.41, 5.74) is -1.08. The van der Waals surface area contributed by atoms with Crippen LogP contribution in [0.1, 0.15) is 37.7 Å². The number of aromatic nitrogens is 3. The molecule has 1 saturated carbocycles. The molecule has 0 spiro atoms. The van der Waals surface area contributed by atoms with Crippen molar-refractivity contribution in [3.63, 3.8) is 0 Å². The molecule has 2 amide bonds. The molecule has 10 heteroatoms. The Bertz CT molecular complexity index is 913. The van der Waals surface area contributed by atoms with Gasteiger partial charge in [-0.15, -0.1) is 5.10 Å². The number of alkyl halides is 3. The number of benzene rings is 1. The van der Waals surface area contributed by atoms with E-state index in [1.165, 1.54) is 30.2 Å². The Balaban J connectivity index is 1.63. The maximum atomic E-state index is 12.9. The molecule has 0 bridgehead atoms. The molecule has 1 heterocycles. The predicted molar refractivity (Wildman–Crippen MR) is 101 cm³/mol. The van der Waals surface area contributed by atoms with E-state index in [2.05, 4.69) is 15.7 Å². The van der Waals surface area contributed by atoms with Crippen LogP contribution in [-0.4, -0.2) is 33.0 Å². The van der Waals surface area contributed by atoms with Crippen LogP contribution >= 0.6 is 0 Å². The van der Waals surface area contributed by atoms with E-state index < -0.39 is 17.4 Å². The number of nitrogens with one attached hydrogen (secondary N) is 2. The number of halogens is 3. The molecule has 1 aromatic heterocycles. The number of carbonyl (C=O) groups excluding carboxylic acids is 1. The molecule has 3 rings (SSSR count). The SMILES string of the molecule is Cn1c(-c2cccc(C(F)(F)F)c2)nn(CCNC(=O)NC2CCCCC2)c1=O. The molecule has 0 atom stereocenters. The van der Waals surface area contributed by atoms with Gasteiger partial charge >= 0.3 is 17.9 Å². The van der Waals surface area contributed by atoms with E-state index in [1.807, 2.05) is 0 Å². The van der Waals surface area contributed by atoms with Gasteiger partial charge in [0, 0.05) is 25.2 Å². The molecule has 7 nitrogen and oxygen atoms in total. The van der Waals surface area contributed by atoms with Crippen LogP contribution in [0, 0.1) is 0 Å². The van der Waals surface area contributed by atoms with E-state index in [1.54, 1.807) is 0 Å². The van der Waals surface area contributed by atoms with Crippen molar-refractivity contribution in [3.05, 3.63) is 40.3 Å². The first-order valence-corrected chi connectivity index (χ1v) is 9.61. The molecule has 29 heavy (non-hydrogen) atoms. The third-order valence-corrected chi connectivity index (χ3v) is 5.04. The fourth-order valence-electron chi connectivity index (χ4n) is 3.48. The summed E-state index contributed by atoms with van der Waals surface area (Å²) in [6.07, 6.45) is 0.851.